The second-order valence-corrected chi connectivity index (χ2v) is 9.96. The van der Waals surface area contributed by atoms with Gasteiger partial charge in [0.05, 0.1) is 10.6 Å². The molecular weight excluding hydrogens is 432 g/mol. The van der Waals surface area contributed by atoms with Crippen LogP contribution in [0.15, 0.2) is 71.2 Å². The largest absolute Gasteiger partial charge is 0.325 e. The Labute approximate surface area is 186 Å². The van der Waals surface area contributed by atoms with Gasteiger partial charge >= 0.3 is 0 Å². The maximum atomic E-state index is 12.7. The Morgan fingerprint density at radius 1 is 1.16 bits per heavy atom. The number of nitrogens with zero attached hydrogens (tertiary/aromatic N) is 3. The summed E-state index contributed by atoms with van der Waals surface area (Å²) < 4.78 is 27.1. The number of amides is 1. The average Bonchev–Trinajstić information content (AvgIpc) is 3.10. The van der Waals surface area contributed by atoms with Crippen molar-refractivity contribution in [2.24, 2.45) is 0 Å². The number of benzene rings is 2. The number of hydrogen-bond acceptors (Lipinski definition) is 6. The molecule has 0 unspecified atom stereocenters. The molecule has 7 nitrogen and oxygen atoms in total. The zero-order chi connectivity index (χ0) is 22.4. The van der Waals surface area contributed by atoms with E-state index in [9.17, 15) is 13.2 Å². The summed E-state index contributed by atoms with van der Waals surface area (Å²) in [6.07, 6.45) is 1.64. The van der Waals surface area contributed by atoms with Crippen molar-refractivity contribution in [2.45, 2.75) is 36.2 Å². The van der Waals surface area contributed by atoms with E-state index < -0.39 is 9.84 Å². The van der Waals surface area contributed by atoms with Gasteiger partial charge < -0.3 is 9.88 Å². The second kappa shape index (κ2) is 9.93. The van der Waals surface area contributed by atoms with E-state index in [4.69, 9.17) is 0 Å². The standard InChI is InChI=1S/C22H24N4O3S2/c1-4-12-26-20(15-31(28,29)18-8-6-5-7-9-18)24-25-22(26)30-14-21(27)23-19-11-10-16(2)13-17(19)3/h4-11,13H,1,12,14-15H2,2-3H3,(H,23,27). The van der Waals surface area contributed by atoms with Crippen LogP contribution in [0.4, 0.5) is 5.69 Å². The summed E-state index contributed by atoms with van der Waals surface area (Å²) >= 11 is 1.20. The summed E-state index contributed by atoms with van der Waals surface area (Å²) in [5.41, 5.74) is 2.88. The highest BCUT2D eigenvalue weighted by atomic mass is 32.2. The molecule has 1 amide bonds. The number of anilines is 1. The molecule has 3 aromatic rings. The Bertz CT molecular complexity index is 1190. The third-order valence-corrected chi connectivity index (χ3v) is 7.11. The highest BCUT2D eigenvalue weighted by molar-refractivity contribution is 7.99. The maximum Gasteiger partial charge on any atom is 0.234 e. The number of hydrogen-bond donors (Lipinski definition) is 1. The molecule has 3 rings (SSSR count). The highest BCUT2D eigenvalue weighted by Gasteiger charge is 2.21. The Hall–Kier alpha value is -2.91. The van der Waals surface area contributed by atoms with Crippen molar-refractivity contribution in [1.82, 2.24) is 14.8 Å². The molecule has 1 aromatic heterocycles. The van der Waals surface area contributed by atoms with Crippen molar-refractivity contribution < 1.29 is 13.2 Å². The third kappa shape index (κ3) is 5.83. The first-order chi connectivity index (χ1) is 14.8. The lowest BCUT2D eigenvalue weighted by molar-refractivity contribution is -0.113. The maximum absolute atomic E-state index is 12.7. The molecule has 0 aliphatic rings. The van der Waals surface area contributed by atoms with Gasteiger partial charge in [0.1, 0.15) is 11.6 Å². The molecule has 0 bridgehead atoms. The van der Waals surface area contributed by atoms with Crippen molar-refractivity contribution in [3.63, 3.8) is 0 Å². The van der Waals surface area contributed by atoms with Gasteiger partial charge in [-0.1, -0.05) is 53.7 Å². The lowest BCUT2D eigenvalue weighted by Gasteiger charge is -2.10. The quantitative estimate of drug-likeness (QED) is 0.389. The molecular formula is C22H24N4O3S2. The van der Waals surface area contributed by atoms with Gasteiger partial charge in [-0.15, -0.1) is 16.8 Å². The predicted octanol–water partition coefficient (Wildman–Crippen LogP) is 3.79. The summed E-state index contributed by atoms with van der Waals surface area (Å²) in [7, 11) is -3.57. The molecule has 31 heavy (non-hydrogen) atoms. The first-order valence-electron chi connectivity index (χ1n) is 9.61. The van der Waals surface area contributed by atoms with Gasteiger partial charge in [0.15, 0.2) is 15.0 Å². The fourth-order valence-corrected chi connectivity index (χ4v) is 5.05. The lowest BCUT2D eigenvalue weighted by Crippen LogP contribution is -2.16. The molecule has 0 aliphatic carbocycles. The average molecular weight is 457 g/mol. The summed E-state index contributed by atoms with van der Waals surface area (Å²) in [5.74, 6) is -0.0362. The Balaban J connectivity index is 1.71. The van der Waals surface area contributed by atoms with E-state index in [-0.39, 0.29) is 22.3 Å². The SMILES string of the molecule is C=CCn1c(CS(=O)(=O)c2ccccc2)nnc1SCC(=O)Nc1ccc(C)cc1C. The van der Waals surface area contributed by atoms with E-state index in [1.54, 1.807) is 41.0 Å². The minimum absolute atomic E-state index is 0.119. The van der Waals surface area contributed by atoms with E-state index in [0.29, 0.717) is 17.5 Å². The van der Waals surface area contributed by atoms with Gasteiger partial charge in [-0.3, -0.25) is 4.79 Å². The molecule has 0 atom stereocenters. The third-order valence-electron chi connectivity index (χ3n) is 4.51. The minimum atomic E-state index is -3.57. The topological polar surface area (TPSA) is 93.9 Å². The van der Waals surface area contributed by atoms with E-state index in [1.165, 1.54) is 11.8 Å². The molecule has 1 N–H and O–H groups in total. The molecule has 0 radical (unpaired) electrons. The second-order valence-electron chi connectivity index (χ2n) is 7.03. The number of thioether (sulfide) groups is 1. The number of carbonyl (C=O) groups excluding carboxylic acids is 1. The summed E-state index contributed by atoms with van der Waals surface area (Å²) in [5, 5.41) is 11.5. The van der Waals surface area contributed by atoms with Crippen LogP contribution in [0.2, 0.25) is 0 Å². The Morgan fingerprint density at radius 2 is 1.90 bits per heavy atom. The van der Waals surface area contributed by atoms with Crippen molar-refractivity contribution in [2.75, 3.05) is 11.1 Å². The van der Waals surface area contributed by atoms with Crippen LogP contribution in [-0.4, -0.2) is 34.8 Å². The van der Waals surface area contributed by atoms with Crippen LogP contribution in [0.25, 0.3) is 0 Å². The zero-order valence-electron chi connectivity index (χ0n) is 17.4. The molecule has 2 aromatic carbocycles. The number of aryl methyl sites for hydroxylation is 2. The van der Waals surface area contributed by atoms with Gasteiger partial charge in [0.25, 0.3) is 0 Å². The molecule has 162 valence electrons. The van der Waals surface area contributed by atoms with Crippen molar-refractivity contribution in [3.05, 3.63) is 78.1 Å². The van der Waals surface area contributed by atoms with Crippen LogP contribution < -0.4 is 5.32 Å². The number of nitrogens with one attached hydrogen (secondary N) is 1. The van der Waals surface area contributed by atoms with Gasteiger partial charge in [-0.2, -0.15) is 0 Å². The van der Waals surface area contributed by atoms with Gasteiger partial charge in [0.2, 0.25) is 5.91 Å². The fraction of sp³-hybridized carbons (Fsp3) is 0.227. The van der Waals surface area contributed by atoms with Gasteiger partial charge in [-0.25, -0.2) is 8.42 Å². The summed E-state index contributed by atoms with van der Waals surface area (Å²) in [6.45, 7) is 8.00. The van der Waals surface area contributed by atoms with Crippen LogP contribution in [0, 0.1) is 13.8 Å². The molecule has 0 aliphatic heterocycles. The Morgan fingerprint density at radius 3 is 2.58 bits per heavy atom. The minimum Gasteiger partial charge on any atom is -0.325 e. The van der Waals surface area contributed by atoms with E-state index in [0.717, 1.165) is 16.8 Å². The molecule has 1 heterocycles. The van der Waals surface area contributed by atoms with E-state index in [1.807, 2.05) is 32.0 Å². The molecule has 9 heteroatoms. The molecule has 0 fully saturated rings. The number of rotatable bonds is 9. The monoisotopic (exact) mass is 456 g/mol. The number of carbonyl (C=O) groups is 1. The lowest BCUT2D eigenvalue weighted by atomic mass is 10.1. The van der Waals surface area contributed by atoms with Crippen molar-refractivity contribution in [3.8, 4) is 0 Å². The Kier molecular flexibility index (Phi) is 7.29. The zero-order valence-corrected chi connectivity index (χ0v) is 19.0. The van der Waals surface area contributed by atoms with Crippen LogP contribution in [0.3, 0.4) is 0 Å². The van der Waals surface area contributed by atoms with Crippen LogP contribution >= 0.6 is 11.8 Å². The summed E-state index contributed by atoms with van der Waals surface area (Å²) in [6, 6.07) is 14.0. The number of sulfone groups is 1. The highest BCUT2D eigenvalue weighted by Crippen LogP contribution is 2.22. The van der Waals surface area contributed by atoms with Gasteiger partial charge in [0, 0.05) is 12.2 Å². The van der Waals surface area contributed by atoms with Crippen LogP contribution in [-0.2, 0) is 26.9 Å². The smallest absolute Gasteiger partial charge is 0.234 e. The molecule has 0 saturated heterocycles. The summed E-state index contributed by atoms with van der Waals surface area (Å²) in [4.78, 5) is 12.6. The first-order valence-corrected chi connectivity index (χ1v) is 12.2. The fourth-order valence-electron chi connectivity index (χ4n) is 3.00. The normalized spacial score (nSPS) is 11.3. The van der Waals surface area contributed by atoms with Crippen molar-refractivity contribution >= 4 is 33.2 Å². The molecule has 0 saturated carbocycles. The predicted molar refractivity (Wildman–Crippen MR) is 123 cm³/mol. The van der Waals surface area contributed by atoms with E-state index in [2.05, 4.69) is 22.1 Å². The van der Waals surface area contributed by atoms with Crippen LogP contribution in [0.1, 0.15) is 17.0 Å². The van der Waals surface area contributed by atoms with Gasteiger partial charge in [-0.05, 0) is 37.6 Å². The number of allylic oxidation sites excluding steroid dienone is 1. The van der Waals surface area contributed by atoms with E-state index >= 15 is 0 Å². The first kappa shape index (κ1) is 22.8. The van der Waals surface area contributed by atoms with Crippen LogP contribution in [0.5, 0.6) is 0 Å². The van der Waals surface area contributed by atoms with Crippen molar-refractivity contribution in [1.29, 1.82) is 0 Å². The molecule has 0 spiro atoms. The number of aromatic nitrogens is 3.